The summed E-state index contributed by atoms with van der Waals surface area (Å²) >= 11 is 0. The number of rotatable bonds is 1. The van der Waals surface area contributed by atoms with Crippen molar-refractivity contribution in [3.05, 3.63) is 77.5 Å². The third-order valence-electron chi connectivity index (χ3n) is 5.20. The zero-order chi connectivity index (χ0) is 17.1. The van der Waals surface area contributed by atoms with Crippen LogP contribution in [0.1, 0.15) is 31.9 Å². The smallest absolute Gasteiger partial charge is 0.201 e. The maximum absolute atomic E-state index is 8.02. The first-order valence-corrected chi connectivity index (χ1v) is 8.11. The Labute approximate surface area is 139 Å². The summed E-state index contributed by atoms with van der Waals surface area (Å²) in [5.41, 5.74) is 8.92. The normalized spacial score (nSPS) is 15.0. The van der Waals surface area contributed by atoms with Crippen LogP contribution in [0.2, 0.25) is 0 Å². The van der Waals surface area contributed by atoms with Gasteiger partial charge in [0.05, 0.1) is 1.37 Å². The van der Waals surface area contributed by atoms with Crippen LogP contribution in [0.5, 0.6) is 0 Å². The van der Waals surface area contributed by atoms with Crippen LogP contribution in [-0.2, 0) is 12.5 Å². The van der Waals surface area contributed by atoms with Crippen molar-refractivity contribution in [3.63, 3.8) is 0 Å². The zero-order valence-corrected chi connectivity index (χ0v) is 14.1. The Morgan fingerprint density at radius 1 is 0.913 bits per heavy atom. The molecular weight excluding hydrogens is 278 g/mol. The largest absolute Gasteiger partial charge is 0.212 e. The Kier molecular flexibility index (Phi) is 2.72. The summed E-state index contributed by atoms with van der Waals surface area (Å²) < 4.78 is 10.2. The van der Waals surface area contributed by atoms with Gasteiger partial charge in [-0.3, -0.25) is 0 Å². The summed E-state index contributed by atoms with van der Waals surface area (Å²) in [5, 5.41) is 0. The highest BCUT2D eigenvalue weighted by Crippen LogP contribution is 2.49. The molecule has 0 atom stereocenters. The topological polar surface area (TPSA) is 3.88 Å². The lowest BCUT2D eigenvalue weighted by Crippen LogP contribution is -2.30. The number of aryl methyl sites for hydroxylation is 2. The molecule has 3 aromatic rings. The van der Waals surface area contributed by atoms with Crippen molar-refractivity contribution in [3.8, 4) is 22.4 Å². The predicted octanol–water partition coefficient (Wildman–Crippen LogP) is 4.79. The van der Waals surface area contributed by atoms with Crippen LogP contribution in [-0.4, -0.2) is 0 Å². The Morgan fingerprint density at radius 3 is 2.52 bits per heavy atom. The Bertz CT molecular complexity index is 970. The van der Waals surface area contributed by atoms with Gasteiger partial charge in [-0.2, -0.15) is 0 Å². The lowest BCUT2D eigenvalue weighted by molar-refractivity contribution is -0.660. The second-order valence-electron chi connectivity index (χ2n) is 7.01. The third-order valence-corrected chi connectivity index (χ3v) is 5.20. The average molecular weight is 301 g/mol. The molecule has 0 spiro atoms. The van der Waals surface area contributed by atoms with Gasteiger partial charge in [0.2, 0.25) is 5.69 Å². The summed E-state index contributed by atoms with van der Waals surface area (Å²) in [6.07, 6.45) is 2.09. The molecule has 0 saturated carbocycles. The average Bonchev–Trinajstić information content (AvgIpc) is 2.75. The molecule has 114 valence electrons. The zero-order valence-electron chi connectivity index (χ0n) is 15.1. The number of hydrogen-bond acceptors (Lipinski definition) is 0. The van der Waals surface area contributed by atoms with E-state index in [0.717, 1.165) is 0 Å². The molecule has 0 fully saturated rings. The van der Waals surface area contributed by atoms with E-state index >= 15 is 0 Å². The summed E-state index contributed by atoms with van der Waals surface area (Å²) in [6, 6.07) is 17.5. The van der Waals surface area contributed by atoms with Crippen molar-refractivity contribution in [2.75, 3.05) is 0 Å². The van der Waals surface area contributed by atoms with E-state index in [0.29, 0.717) is 6.04 Å². The molecule has 23 heavy (non-hydrogen) atoms. The quantitative estimate of drug-likeness (QED) is 0.569. The Morgan fingerprint density at radius 2 is 1.74 bits per heavy atom. The summed E-state index contributed by atoms with van der Waals surface area (Å²) in [6.45, 7) is 6.75. The van der Waals surface area contributed by atoms with E-state index in [1.165, 1.54) is 39.1 Å². The Balaban J connectivity index is 2.03. The van der Waals surface area contributed by atoms with E-state index < -0.39 is 0 Å². The van der Waals surface area contributed by atoms with Gasteiger partial charge < -0.3 is 0 Å². The fourth-order valence-electron chi connectivity index (χ4n) is 3.87. The van der Waals surface area contributed by atoms with Gasteiger partial charge in [-0.25, -0.2) is 4.57 Å². The fourth-order valence-corrected chi connectivity index (χ4v) is 3.87. The number of fused-ring (bicyclic) bond motifs is 3. The lowest BCUT2D eigenvalue weighted by Gasteiger charge is -2.22. The van der Waals surface area contributed by atoms with Crippen LogP contribution in [0.4, 0.5) is 0 Å². The molecule has 0 amide bonds. The standard InChI is InChI=1S/C22H22N/c1-15-13-20-18(14-17(15)21-11-7-8-12-23(21)4)16-9-5-6-10-19(16)22(20,2)3/h5-14H,1-4H3/q+1/i5D. The van der Waals surface area contributed by atoms with Crippen molar-refractivity contribution in [1.82, 2.24) is 0 Å². The molecule has 1 heterocycles. The van der Waals surface area contributed by atoms with Crippen molar-refractivity contribution >= 4 is 0 Å². The van der Waals surface area contributed by atoms with E-state index in [1.54, 1.807) is 0 Å². The molecule has 1 heteroatoms. The van der Waals surface area contributed by atoms with Crippen LogP contribution >= 0.6 is 0 Å². The van der Waals surface area contributed by atoms with Crippen LogP contribution in [0.25, 0.3) is 22.4 Å². The molecule has 0 aliphatic heterocycles. The first-order valence-electron chi connectivity index (χ1n) is 8.61. The first-order chi connectivity index (χ1) is 11.4. The minimum atomic E-state index is -0.0134. The van der Waals surface area contributed by atoms with Gasteiger partial charge in [0.25, 0.3) is 0 Å². The molecule has 0 radical (unpaired) electrons. The van der Waals surface area contributed by atoms with Gasteiger partial charge in [0.15, 0.2) is 6.20 Å². The van der Waals surface area contributed by atoms with Gasteiger partial charge >= 0.3 is 0 Å². The second-order valence-corrected chi connectivity index (χ2v) is 7.01. The maximum Gasteiger partial charge on any atom is 0.212 e. The third kappa shape index (κ3) is 1.96. The molecule has 0 N–H and O–H groups in total. The molecule has 4 rings (SSSR count). The molecule has 2 aromatic carbocycles. The van der Waals surface area contributed by atoms with Gasteiger partial charge in [0.1, 0.15) is 7.05 Å². The highest BCUT2D eigenvalue weighted by molar-refractivity contribution is 5.84. The molecular formula is C22H22N+. The van der Waals surface area contributed by atoms with E-state index in [1.807, 2.05) is 12.1 Å². The number of aromatic nitrogens is 1. The van der Waals surface area contributed by atoms with Crippen molar-refractivity contribution in [1.29, 1.82) is 0 Å². The maximum atomic E-state index is 8.02. The van der Waals surface area contributed by atoms with Gasteiger partial charge in [0, 0.05) is 23.1 Å². The van der Waals surface area contributed by atoms with Crippen LogP contribution in [0, 0.1) is 6.92 Å². The predicted molar refractivity (Wildman–Crippen MR) is 95.4 cm³/mol. The number of hydrogen-bond donors (Lipinski definition) is 0. The summed E-state index contributed by atoms with van der Waals surface area (Å²) in [4.78, 5) is 0. The minimum absolute atomic E-state index is 0.0134. The van der Waals surface area contributed by atoms with Crippen molar-refractivity contribution < 1.29 is 5.94 Å². The number of pyridine rings is 1. The Hall–Kier alpha value is -2.41. The van der Waals surface area contributed by atoms with Gasteiger partial charge in [-0.15, -0.1) is 0 Å². The van der Waals surface area contributed by atoms with E-state index in [4.69, 9.17) is 1.37 Å². The molecule has 0 saturated heterocycles. The van der Waals surface area contributed by atoms with Gasteiger partial charge in [-0.1, -0.05) is 44.2 Å². The molecule has 1 nitrogen and oxygen atoms in total. The van der Waals surface area contributed by atoms with E-state index in [2.05, 4.69) is 75.0 Å². The number of nitrogens with zero attached hydrogens (tertiary/aromatic N) is 1. The first kappa shape index (κ1) is 13.1. The van der Waals surface area contributed by atoms with E-state index in [9.17, 15) is 0 Å². The summed E-state index contributed by atoms with van der Waals surface area (Å²) in [7, 11) is 2.09. The monoisotopic (exact) mass is 301 g/mol. The van der Waals surface area contributed by atoms with E-state index in [-0.39, 0.29) is 5.41 Å². The molecule has 0 unspecified atom stereocenters. The van der Waals surface area contributed by atoms with Gasteiger partial charge in [-0.05, 0) is 46.9 Å². The molecule has 1 aromatic heterocycles. The minimum Gasteiger partial charge on any atom is -0.201 e. The number of benzene rings is 2. The highest BCUT2D eigenvalue weighted by atomic mass is 14.9. The molecule has 0 bridgehead atoms. The highest BCUT2D eigenvalue weighted by Gasteiger charge is 2.36. The second kappa shape index (κ2) is 4.79. The van der Waals surface area contributed by atoms with Crippen LogP contribution in [0.3, 0.4) is 0 Å². The van der Waals surface area contributed by atoms with Crippen LogP contribution in [0.15, 0.2) is 60.8 Å². The fraction of sp³-hybridized carbons (Fsp3) is 0.227. The summed E-state index contributed by atoms with van der Waals surface area (Å²) in [5.74, 6) is 0. The van der Waals surface area contributed by atoms with Crippen LogP contribution < -0.4 is 4.57 Å². The molecule has 1 aliphatic rings. The lowest BCUT2D eigenvalue weighted by atomic mass is 9.81. The SMILES string of the molecule is [2H]c1ccc2c(c1)-c1cc(-c3cccc[n+]3C)c(C)cc1C2(C)C. The van der Waals surface area contributed by atoms with Crippen molar-refractivity contribution in [2.45, 2.75) is 26.2 Å². The van der Waals surface area contributed by atoms with Crippen molar-refractivity contribution in [2.24, 2.45) is 7.05 Å². The molecule has 1 aliphatic carbocycles.